The number of carbonyl (C=O) groups excluding carboxylic acids is 1. The molecule has 1 amide bonds. The fourth-order valence-corrected chi connectivity index (χ4v) is 3.31. The number of aryl methyl sites for hydroxylation is 1. The molecule has 1 aromatic heterocycles. The quantitative estimate of drug-likeness (QED) is 0.746. The molecular weight excluding hydrogens is 296 g/mol. The number of likely N-dealkylation sites (N-methyl/N-ethyl adjacent to an activating group) is 1. The van der Waals surface area contributed by atoms with Gasteiger partial charge in [-0.3, -0.25) is 4.79 Å². The molecule has 0 aliphatic carbocycles. The average molecular weight is 316 g/mol. The molecule has 1 aromatic rings. The van der Waals surface area contributed by atoms with Crippen molar-refractivity contribution in [3.8, 4) is 0 Å². The molecule has 0 spiro atoms. The Morgan fingerprint density at radius 3 is 2.75 bits per heavy atom. The van der Waals surface area contributed by atoms with Gasteiger partial charge in [0.05, 0.1) is 10.7 Å². The molecular formula is C13H20N2O3S2. The Balaban J connectivity index is 2.30. The number of rotatable bonds is 8. The summed E-state index contributed by atoms with van der Waals surface area (Å²) < 4.78 is 0. The molecule has 0 aliphatic rings. The molecule has 20 heavy (non-hydrogen) atoms. The molecule has 112 valence electrons. The molecule has 1 unspecified atom stereocenters. The van der Waals surface area contributed by atoms with E-state index >= 15 is 0 Å². The second-order valence-electron chi connectivity index (χ2n) is 4.43. The van der Waals surface area contributed by atoms with Crippen molar-refractivity contribution < 1.29 is 14.7 Å². The lowest BCUT2D eigenvalue weighted by Gasteiger charge is -2.23. The smallest absolute Gasteiger partial charge is 0.326 e. The van der Waals surface area contributed by atoms with Crippen LogP contribution in [-0.2, 0) is 15.3 Å². The summed E-state index contributed by atoms with van der Waals surface area (Å²) >= 11 is 3.26. The van der Waals surface area contributed by atoms with Gasteiger partial charge >= 0.3 is 5.97 Å². The van der Waals surface area contributed by atoms with Crippen molar-refractivity contribution >= 4 is 35.0 Å². The van der Waals surface area contributed by atoms with Gasteiger partial charge in [-0.25, -0.2) is 9.78 Å². The number of thioether (sulfide) groups is 1. The maximum atomic E-state index is 11.9. The average Bonchev–Trinajstić information content (AvgIpc) is 2.80. The minimum Gasteiger partial charge on any atom is -0.480 e. The fourth-order valence-electron chi connectivity index (χ4n) is 1.78. The summed E-state index contributed by atoms with van der Waals surface area (Å²) in [6, 6.07) is -0.728. The number of carboxylic acids is 1. The monoisotopic (exact) mass is 316 g/mol. The van der Waals surface area contributed by atoms with E-state index in [2.05, 4.69) is 4.98 Å². The number of carbonyl (C=O) groups is 2. The molecule has 5 nitrogen and oxygen atoms in total. The van der Waals surface area contributed by atoms with Gasteiger partial charge in [0.2, 0.25) is 5.91 Å². The molecule has 1 heterocycles. The summed E-state index contributed by atoms with van der Waals surface area (Å²) in [5.41, 5.74) is 1.04. The number of aliphatic carboxylic acids is 1. The zero-order valence-corrected chi connectivity index (χ0v) is 13.6. The molecule has 1 atom stereocenters. The number of thiazole rings is 1. The van der Waals surface area contributed by atoms with E-state index in [1.807, 2.05) is 12.3 Å². The minimum atomic E-state index is -0.950. The van der Waals surface area contributed by atoms with Gasteiger partial charge in [0, 0.05) is 30.4 Å². The number of hydrogen-bond acceptors (Lipinski definition) is 5. The summed E-state index contributed by atoms with van der Waals surface area (Å²) in [6.07, 6.45) is 0.775. The first-order valence-electron chi connectivity index (χ1n) is 6.43. The van der Waals surface area contributed by atoms with Crippen molar-refractivity contribution in [1.29, 1.82) is 0 Å². The predicted octanol–water partition coefficient (Wildman–Crippen LogP) is 2.40. The van der Waals surface area contributed by atoms with E-state index in [1.54, 1.807) is 37.1 Å². The van der Waals surface area contributed by atoms with Gasteiger partial charge in [0.15, 0.2) is 0 Å². The van der Waals surface area contributed by atoms with Crippen molar-refractivity contribution in [3.63, 3.8) is 0 Å². The van der Waals surface area contributed by atoms with Crippen LogP contribution in [0.25, 0.3) is 0 Å². The number of aromatic nitrogens is 1. The summed E-state index contributed by atoms with van der Waals surface area (Å²) in [4.78, 5) is 28.6. The molecule has 0 aromatic carbocycles. The Morgan fingerprint density at radius 2 is 2.25 bits per heavy atom. The van der Waals surface area contributed by atoms with Gasteiger partial charge in [-0.2, -0.15) is 11.8 Å². The lowest BCUT2D eigenvalue weighted by Crippen LogP contribution is -2.42. The van der Waals surface area contributed by atoms with Crippen LogP contribution in [0.4, 0.5) is 0 Å². The second-order valence-corrected chi connectivity index (χ2v) is 6.59. The topological polar surface area (TPSA) is 70.5 Å². The van der Waals surface area contributed by atoms with Gasteiger partial charge in [-0.1, -0.05) is 6.92 Å². The van der Waals surface area contributed by atoms with Gasteiger partial charge in [-0.15, -0.1) is 11.3 Å². The minimum absolute atomic E-state index is 0.124. The Hall–Kier alpha value is -1.08. The molecule has 0 aliphatic heterocycles. The first-order chi connectivity index (χ1) is 9.45. The van der Waals surface area contributed by atoms with Crippen LogP contribution in [0.3, 0.4) is 0 Å². The maximum absolute atomic E-state index is 11.9. The second kappa shape index (κ2) is 8.26. The Labute approximate surface area is 127 Å². The zero-order chi connectivity index (χ0) is 15.1. The zero-order valence-electron chi connectivity index (χ0n) is 12.0. The number of hydrogen-bond donors (Lipinski definition) is 1. The van der Waals surface area contributed by atoms with Crippen LogP contribution in [0, 0.1) is 6.92 Å². The number of nitrogens with zero attached hydrogens (tertiary/aromatic N) is 2. The van der Waals surface area contributed by atoms with E-state index in [1.165, 1.54) is 4.90 Å². The van der Waals surface area contributed by atoms with Gasteiger partial charge in [0.25, 0.3) is 0 Å². The third kappa shape index (κ3) is 5.13. The Bertz CT molecular complexity index is 462. The molecule has 1 rings (SSSR count). The highest BCUT2D eigenvalue weighted by molar-refractivity contribution is 7.98. The highest BCUT2D eigenvalue weighted by Crippen LogP contribution is 2.16. The third-order valence-corrected chi connectivity index (χ3v) is 4.72. The SMILES string of the molecule is CCC(C(=O)O)N(C)C(=O)CCSCc1csc(C)n1. The normalized spacial score (nSPS) is 12.2. The highest BCUT2D eigenvalue weighted by atomic mass is 32.2. The lowest BCUT2D eigenvalue weighted by molar-refractivity contribution is -0.149. The Kier molecular flexibility index (Phi) is 7.01. The van der Waals surface area contributed by atoms with Crippen molar-refractivity contribution in [2.75, 3.05) is 12.8 Å². The fraction of sp³-hybridized carbons (Fsp3) is 0.615. The molecule has 1 N–H and O–H groups in total. The van der Waals surface area contributed by atoms with E-state index in [0.29, 0.717) is 18.6 Å². The predicted molar refractivity (Wildman–Crippen MR) is 82.1 cm³/mol. The van der Waals surface area contributed by atoms with Gasteiger partial charge in [0.1, 0.15) is 6.04 Å². The first-order valence-corrected chi connectivity index (χ1v) is 8.46. The number of amides is 1. The molecule has 7 heteroatoms. The van der Waals surface area contributed by atoms with Gasteiger partial charge < -0.3 is 10.0 Å². The van der Waals surface area contributed by atoms with Crippen LogP contribution in [-0.4, -0.2) is 45.7 Å². The summed E-state index contributed by atoms with van der Waals surface area (Å²) in [6.45, 7) is 3.73. The van der Waals surface area contributed by atoms with Crippen molar-refractivity contribution in [2.24, 2.45) is 0 Å². The molecule has 0 bridgehead atoms. The van der Waals surface area contributed by atoms with E-state index in [-0.39, 0.29) is 5.91 Å². The number of carboxylic acid groups (broad SMARTS) is 1. The van der Waals surface area contributed by atoms with Crippen LogP contribution in [0.15, 0.2) is 5.38 Å². The van der Waals surface area contributed by atoms with E-state index < -0.39 is 12.0 Å². The summed E-state index contributed by atoms with van der Waals surface area (Å²) in [5, 5.41) is 12.1. The molecule has 0 saturated heterocycles. The van der Waals surface area contributed by atoms with Crippen LogP contribution < -0.4 is 0 Å². The van der Waals surface area contributed by atoms with Crippen LogP contribution in [0.2, 0.25) is 0 Å². The largest absolute Gasteiger partial charge is 0.480 e. The maximum Gasteiger partial charge on any atom is 0.326 e. The Morgan fingerprint density at radius 1 is 1.55 bits per heavy atom. The molecule has 0 saturated carbocycles. The first kappa shape index (κ1) is 17.0. The van der Waals surface area contributed by atoms with Crippen LogP contribution >= 0.6 is 23.1 Å². The third-order valence-electron chi connectivity index (χ3n) is 2.91. The molecule has 0 fully saturated rings. The van der Waals surface area contributed by atoms with E-state index in [4.69, 9.17) is 5.11 Å². The van der Waals surface area contributed by atoms with Gasteiger partial charge in [-0.05, 0) is 13.3 Å². The summed E-state index contributed by atoms with van der Waals surface area (Å²) in [7, 11) is 1.55. The summed E-state index contributed by atoms with van der Waals surface area (Å²) in [5.74, 6) is 0.392. The van der Waals surface area contributed by atoms with Crippen molar-refractivity contribution in [2.45, 2.75) is 38.5 Å². The molecule has 0 radical (unpaired) electrons. The standard InChI is InChI=1S/C13H20N2O3S2/c1-4-11(13(17)18)15(3)12(16)5-6-19-7-10-8-20-9(2)14-10/h8,11H,4-7H2,1-3H3,(H,17,18). The van der Waals surface area contributed by atoms with E-state index in [0.717, 1.165) is 16.5 Å². The van der Waals surface area contributed by atoms with Crippen LogP contribution in [0.5, 0.6) is 0 Å². The van der Waals surface area contributed by atoms with E-state index in [9.17, 15) is 9.59 Å². The lowest BCUT2D eigenvalue weighted by atomic mass is 10.2. The van der Waals surface area contributed by atoms with Crippen molar-refractivity contribution in [1.82, 2.24) is 9.88 Å². The highest BCUT2D eigenvalue weighted by Gasteiger charge is 2.24. The van der Waals surface area contributed by atoms with Crippen LogP contribution in [0.1, 0.15) is 30.5 Å². The van der Waals surface area contributed by atoms with Crippen molar-refractivity contribution in [3.05, 3.63) is 16.1 Å².